The Morgan fingerprint density at radius 1 is 1.14 bits per heavy atom. The maximum Gasteiger partial charge on any atom is 0.407 e. The van der Waals surface area contributed by atoms with Crippen molar-refractivity contribution >= 4 is 41.5 Å². The topological polar surface area (TPSA) is 77.9 Å². The lowest BCUT2D eigenvalue weighted by Crippen LogP contribution is -2.55. The van der Waals surface area contributed by atoms with E-state index in [0.717, 1.165) is 6.29 Å². The molecule has 0 heterocycles. The average molecular weight is 445 g/mol. The van der Waals surface area contributed by atoms with Crippen LogP contribution in [0.25, 0.3) is 0 Å². The first-order valence-corrected chi connectivity index (χ1v) is 10.2. The highest BCUT2D eigenvalue weighted by molar-refractivity contribution is 6.42. The summed E-state index contributed by atoms with van der Waals surface area (Å²) in [4.78, 5) is 39.1. The Morgan fingerprint density at radius 2 is 1.72 bits per heavy atom. The van der Waals surface area contributed by atoms with Gasteiger partial charge in [-0.2, -0.15) is 0 Å². The predicted molar refractivity (Wildman–Crippen MR) is 116 cm³/mol. The third kappa shape index (κ3) is 6.34. The summed E-state index contributed by atoms with van der Waals surface area (Å²) in [7, 11) is 1.65. The van der Waals surface area contributed by atoms with Gasteiger partial charge in [0.05, 0.1) is 10.0 Å². The zero-order valence-electron chi connectivity index (χ0n) is 17.8. The molecule has 0 bridgehead atoms. The number of amides is 2. The molecule has 0 saturated heterocycles. The van der Waals surface area contributed by atoms with E-state index in [4.69, 9.17) is 23.2 Å². The van der Waals surface area contributed by atoms with Crippen LogP contribution >= 0.6 is 23.2 Å². The third-order valence-electron chi connectivity index (χ3n) is 4.92. The number of rotatable bonds is 8. The second-order valence-corrected chi connectivity index (χ2v) is 9.48. The van der Waals surface area contributed by atoms with Gasteiger partial charge in [0.25, 0.3) is 0 Å². The van der Waals surface area contributed by atoms with Crippen molar-refractivity contribution in [3.63, 3.8) is 0 Å². The highest BCUT2D eigenvalue weighted by atomic mass is 35.5. The van der Waals surface area contributed by atoms with Crippen molar-refractivity contribution in [2.45, 2.75) is 52.0 Å². The van der Waals surface area contributed by atoms with Gasteiger partial charge in [-0.15, -0.1) is 0 Å². The second-order valence-electron chi connectivity index (χ2n) is 8.67. The lowest BCUT2D eigenvalue weighted by atomic mass is 9.76. The van der Waals surface area contributed by atoms with Crippen LogP contribution in [-0.4, -0.2) is 58.9 Å². The van der Waals surface area contributed by atoms with Crippen LogP contribution in [0.4, 0.5) is 4.79 Å². The molecule has 1 unspecified atom stereocenters. The Hall–Kier alpha value is -1.79. The van der Waals surface area contributed by atoms with Crippen molar-refractivity contribution < 1.29 is 19.5 Å². The quantitative estimate of drug-likeness (QED) is 0.588. The van der Waals surface area contributed by atoms with Crippen LogP contribution in [0, 0.1) is 5.92 Å². The van der Waals surface area contributed by atoms with E-state index in [9.17, 15) is 19.5 Å². The highest BCUT2D eigenvalue weighted by Gasteiger charge is 2.41. The maximum absolute atomic E-state index is 12.6. The number of carbonyl (C=O) groups is 3. The Bertz CT molecular complexity index is 762. The van der Waals surface area contributed by atoms with Crippen molar-refractivity contribution in [2.75, 3.05) is 20.1 Å². The monoisotopic (exact) mass is 444 g/mol. The van der Waals surface area contributed by atoms with Gasteiger partial charge in [0.2, 0.25) is 5.91 Å². The summed E-state index contributed by atoms with van der Waals surface area (Å²) in [6.45, 7) is 9.09. The molecule has 0 aliphatic heterocycles. The van der Waals surface area contributed by atoms with Crippen molar-refractivity contribution in [2.24, 2.45) is 5.92 Å². The normalized spacial score (nSPS) is 13.7. The molecule has 1 aromatic rings. The molecule has 8 heteroatoms. The fourth-order valence-electron chi connectivity index (χ4n) is 3.33. The van der Waals surface area contributed by atoms with Gasteiger partial charge in [-0.1, -0.05) is 43.1 Å². The van der Waals surface area contributed by atoms with Crippen molar-refractivity contribution in [3.05, 3.63) is 33.8 Å². The van der Waals surface area contributed by atoms with Gasteiger partial charge < -0.3 is 19.7 Å². The number of nitrogens with zero attached hydrogens (tertiary/aromatic N) is 2. The number of benzene rings is 1. The summed E-state index contributed by atoms with van der Waals surface area (Å²) in [5.41, 5.74) is -1.05. The zero-order chi connectivity index (χ0) is 22.6. The molecule has 1 N–H and O–H groups in total. The molecule has 0 aliphatic rings. The van der Waals surface area contributed by atoms with Crippen LogP contribution in [0.2, 0.25) is 10.0 Å². The van der Waals surface area contributed by atoms with E-state index in [1.165, 1.54) is 4.90 Å². The first-order chi connectivity index (χ1) is 13.2. The van der Waals surface area contributed by atoms with E-state index in [0.29, 0.717) is 15.6 Å². The van der Waals surface area contributed by atoms with E-state index in [1.54, 1.807) is 64.8 Å². The van der Waals surface area contributed by atoms with Crippen LogP contribution < -0.4 is 0 Å². The predicted octanol–water partition coefficient (Wildman–Crippen LogP) is 4.71. The molecule has 1 atom stereocenters. The third-order valence-corrected chi connectivity index (χ3v) is 5.66. The minimum absolute atomic E-state index is 0.0122. The summed E-state index contributed by atoms with van der Waals surface area (Å²) in [6.07, 6.45) is -0.343. The SMILES string of the molecule is CC(C)C(=O)N(C)CC(CC=O)(CN(C(=O)O)C(C)(C)C)c1ccc(Cl)c(Cl)c1. The van der Waals surface area contributed by atoms with Gasteiger partial charge >= 0.3 is 6.09 Å². The number of carbonyl (C=O) groups excluding carboxylic acids is 2. The smallest absolute Gasteiger partial charge is 0.407 e. The molecular formula is C21H30Cl2N2O4. The van der Waals surface area contributed by atoms with Crippen molar-refractivity contribution in [3.8, 4) is 0 Å². The van der Waals surface area contributed by atoms with Crippen LogP contribution in [0.15, 0.2) is 18.2 Å². The van der Waals surface area contributed by atoms with Crippen LogP contribution in [0.1, 0.15) is 46.6 Å². The minimum atomic E-state index is -1.11. The Morgan fingerprint density at radius 3 is 2.14 bits per heavy atom. The average Bonchev–Trinajstić information content (AvgIpc) is 2.59. The summed E-state index contributed by atoms with van der Waals surface area (Å²) in [6, 6.07) is 4.99. The van der Waals surface area contributed by atoms with E-state index in [-0.39, 0.29) is 31.3 Å². The molecule has 0 fully saturated rings. The lowest BCUT2D eigenvalue weighted by Gasteiger charge is -2.44. The molecule has 1 aromatic carbocycles. The molecular weight excluding hydrogens is 415 g/mol. The zero-order valence-corrected chi connectivity index (χ0v) is 19.3. The largest absolute Gasteiger partial charge is 0.465 e. The number of halogens is 2. The van der Waals surface area contributed by atoms with E-state index >= 15 is 0 Å². The van der Waals surface area contributed by atoms with Gasteiger partial charge in [-0.3, -0.25) is 4.79 Å². The first kappa shape index (κ1) is 25.2. The number of hydrogen-bond donors (Lipinski definition) is 1. The molecule has 1 rings (SSSR count). The van der Waals surface area contributed by atoms with E-state index in [2.05, 4.69) is 0 Å². The molecule has 0 radical (unpaired) electrons. The molecule has 0 aromatic heterocycles. The summed E-state index contributed by atoms with van der Waals surface area (Å²) >= 11 is 12.3. The van der Waals surface area contributed by atoms with Crippen molar-refractivity contribution in [1.82, 2.24) is 9.80 Å². The Balaban J connectivity index is 3.61. The van der Waals surface area contributed by atoms with Crippen LogP contribution in [0.3, 0.4) is 0 Å². The molecule has 162 valence electrons. The number of carboxylic acid groups (broad SMARTS) is 1. The van der Waals surface area contributed by atoms with Crippen LogP contribution in [-0.2, 0) is 15.0 Å². The summed E-state index contributed by atoms with van der Waals surface area (Å²) in [5, 5.41) is 10.5. The molecule has 2 amide bonds. The molecule has 0 aliphatic carbocycles. The summed E-state index contributed by atoms with van der Waals surface area (Å²) < 4.78 is 0. The molecule has 6 nitrogen and oxygen atoms in total. The van der Waals surface area contributed by atoms with Gasteiger partial charge in [-0.05, 0) is 38.5 Å². The molecule has 29 heavy (non-hydrogen) atoms. The van der Waals surface area contributed by atoms with Crippen molar-refractivity contribution in [1.29, 1.82) is 0 Å². The van der Waals surface area contributed by atoms with Gasteiger partial charge in [0.1, 0.15) is 6.29 Å². The Labute approximate surface area is 182 Å². The lowest BCUT2D eigenvalue weighted by molar-refractivity contribution is -0.134. The number of aldehydes is 1. The van der Waals surface area contributed by atoms with E-state index < -0.39 is 17.0 Å². The number of likely N-dealkylation sites (N-methyl/N-ethyl adjacent to an activating group) is 1. The molecule has 0 saturated carbocycles. The van der Waals surface area contributed by atoms with Gasteiger partial charge in [0, 0.05) is 43.4 Å². The molecule has 0 spiro atoms. The van der Waals surface area contributed by atoms with Gasteiger partial charge in [-0.25, -0.2) is 4.79 Å². The standard InChI is InChI=1S/C21H30Cl2N2O4/c1-14(2)18(27)24(6)12-21(9-10-26,13-25(19(28)29)20(3,4)5)15-7-8-16(22)17(23)11-15/h7-8,10-11,14H,9,12-13H2,1-6H3,(H,28,29). The first-order valence-electron chi connectivity index (χ1n) is 9.40. The number of hydrogen-bond acceptors (Lipinski definition) is 3. The fraction of sp³-hybridized carbons (Fsp3) is 0.571. The fourth-order valence-corrected chi connectivity index (χ4v) is 3.63. The second kappa shape index (κ2) is 9.81. The van der Waals surface area contributed by atoms with E-state index in [1.807, 2.05) is 0 Å². The summed E-state index contributed by atoms with van der Waals surface area (Å²) in [5.74, 6) is -0.334. The maximum atomic E-state index is 12.6. The Kier molecular flexibility index (Phi) is 8.54. The van der Waals surface area contributed by atoms with Crippen LogP contribution in [0.5, 0.6) is 0 Å². The minimum Gasteiger partial charge on any atom is -0.465 e. The highest BCUT2D eigenvalue weighted by Crippen LogP contribution is 2.35. The van der Waals surface area contributed by atoms with Gasteiger partial charge in [0.15, 0.2) is 0 Å².